The van der Waals surface area contributed by atoms with Crippen molar-refractivity contribution in [3.63, 3.8) is 0 Å². The number of hydrogen-bond donors (Lipinski definition) is 0. The lowest BCUT2D eigenvalue weighted by Gasteiger charge is -2.05. The summed E-state index contributed by atoms with van der Waals surface area (Å²) < 4.78 is 16.9. The Morgan fingerprint density at radius 2 is 1.95 bits per heavy atom. The van der Waals surface area contributed by atoms with Crippen molar-refractivity contribution in [1.82, 2.24) is 0 Å². The molecular formula is C15H22O3S. The Labute approximate surface area is 117 Å². The normalized spacial score (nSPS) is 12.1. The number of hydrogen-bond acceptors (Lipinski definition) is 3. The van der Waals surface area contributed by atoms with Crippen LogP contribution in [0.4, 0.5) is 0 Å². The molecule has 0 saturated heterocycles. The Morgan fingerprint density at radius 3 is 2.63 bits per heavy atom. The molecule has 106 valence electrons. The Balaban J connectivity index is 2.21. The second-order valence-electron chi connectivity index (χ2n) is 4.43. The van der Waals surface area contributed by atoms with Gasteiger partial charge in [0.1, 0.15) is 0 Å². The smallest absolute Gasteiger partial charge is 0.305 e. The van der Waals surface area contributed by atoms with E-state index < -0.39 is 10.8 Å². The maximum absolute atomic E-state index is 12.1. The Morgan fingerprint density at radius 1 is 1.21 bits per heavy atom. The van der Waals surface area contributed by atoms with Gasteiger partial charge in [-0.1, -0.05) is 24.6 Å². The van der Waals surface area contributed by atoms with E-state index in [4.69, 9.17) is 4.74 Å². The molecule has 0 saturated carbocycles. The molecule has 0 aliphatic carbocycles. The van der Waals surface area contributed by atoms with E-state index in [0.717, 1.165) is 29.7 Å². The van der Waals surface area contributed by atoms with E-state index in [9.17, 15) is 9.00 Å². The number of carbonyl (C=O) groups excluding carboxylic acids is 1. The van der Waals surface area contributed by atoms with Crippen LogP contribution in [0, 0.1) is 6.92 Å². The van der Waals surface area contributed by atoms with Crippen molar-refractivity contribution in [1.29, 1.82) is 0 Å². The third-order valence-electron chi connectivity index (χ3n) is 2.85. The van der Waals surface area contributed by atoms with E-state index in [1.807, 2.05) is 38.1 Å². The van der Waals surface area contributed by atoms with Gasteiger partial charge in [0, 0.05) is 17.1 Å². The highest BCUT2D eigenvalue weighted by Gasteiger charge is 2.06. The summed E-state index contributed by atoms with van der Waals surface area (Å²) in [6, 6.07) is 7.77. The zero-order valence-electron chi connectivity index (χ0n) is 11.7. The molecule has 0 heterocycles. The quantitative estimate of drug-likeness (QED) is 0.543. The summed E-state index contributed by atoms with van der Waals surface area (Å²) in [5, 5.41) is 0. The van der Waals surface area contributed by atoms with Crippen molar-refractivity contribution < 1.29 is 13.7 Å². The summed E-state index contributed by atoms with van der Waals surface area (Å²) in [5.41, 5.74) is 1.08. The van der Waals surface area contributed by atoms with Gasteiger partial charge >= 0.3 is 5.97 Å². The van der Waals surface area contributed by atoms with Crippen LogP contribution in [-0.4, -0.2) is 22.5 Å². The first-order valence-electron chi connectivity index (χ1n) is 6.74. The predicted molar refractivity (Wildman–Crippen MR) is 77.6 cm³/mol. The van der Waals surface area contributed by atoms with Gasteiger partial charge in [0.15, 0.2) is 0 Å². The van der Waals surface area contributed by atoms with E-state index >= 15 is 0 Å². The zero-order chi connectivity index (χ0) is 14.1. The summed E-state index contributed by atoms with van der Waals surface area (Å²) in [7, 11) is -0.929. The zero-order valence-corrected chi connectivity index (χ0v) is 12.5. The maximum Gasteiger partial charge on any atom is 0.305 e. The minimum absolute atomic E-state index is 0.137. The standard InChI is InChI=1S/C15H22O3S/c1-3-18-15(16)11-5-4-8-12-19(17)14-10-7-6-9-13(14)2/h6-7,9-10H,3-5,8,11-12H2,1-2H3. The van der Waals surface area contributed by atoms with Crippen LogP contribution in [0.2, 0.25) is 0 Å². The number of aryl methyl sites for hydroxylation is 1. The van der Waals surface area contributed by atoms with Crippen molar-refractivity contribution in [2.24, 2.45) is 0 Å². The molecule has 0 aromatic heterocycles. The average molecular weight is 282 g/mol. The van der Waals surface area contributed by atoms with Crippen LogP contribution in [0.1, 0.15) is 38.2 Å². The Kier molecular flexibility index (Phi) is 7.41. The van der Waals surface area contributed by atoms with E-state index in [0.29, 0.717) is 18.8 Å². The highest BCUT2D eigenvalue weighted by atomic mass is 32.2. The molecule has 0 N–H and O–H groups in total. The molecule has 1 atom stereocenters. The van der Waals surface area contributed by atoms with Crippen LogP contribution in [0.5, 0.6) is 0 Å². The first-order chi connectivity index (χ1) is 9.15. The molecule has 1 aromatic carbocycles. The molecule has 0 amide bonds. The number of esters is 1. The first kappa shape index (κ1) is 15.9. The van der Waals surface area contributed by atoms with Gasteiger partial charge in [-0.25, -0.2) is 0 Å². The number of benzene rings is 1. The van der Waals surface area contributed by atoms with Gasteiger partial charge in [0.2, 0.25) is 0 Å². The summed E-state index contributed by atoms with van der Waals surface area (Å²) in [6.07, 6.45) is 3.06. The van der Waals surface area contributed by atoms with Crippen molar-refractivity contribution in [3.8, 4) is 0 Å². The Bertz CT molecular complexity index is 429. The lowest BCUT2D eigenvalue weighted by atomic mass is 10.2. The fourth-order valence-electron chi connectivity index (χ4n) is 1.83. The predicted octanol–water partition coefficient (Wildman–Crippen LogP) is 3.23. The fraction of sp³-hybridized carbons (Fsp3) is 0.533. The van der Waals surface area contributed by atoms with Crippen molar-refractivity contribution in [2.75, 3.05) is 12.4 Å². The summed E-state index contributed by atoms with van der Waals surface area (Å²) >= 11 is 0. The molecule has 0 spiro atoms. The van der Waals surface area contributed by atoms with E-state index in [1.54, 1.807) is 0 Å². The SMILES string of the molecule is CCOC(=O)CCCCCS(=O)c1ccccc1C. The highest BCUT2D eigenvalue weighted by molar-refractivity contribution is 7.85. The molecule has 4 heteroatoms. The number of rotatable bonds is 8. The third kappa shape index (κ3) is 6.01. The number of ether oxygens (including phenoxy) is 1. The fourth-order valence-corrected chi connectivity index (χ4v) is 3.18. The molecule has 0 fully saturated rings. The molecule has 19 heavy (non-hydrogen) atoms. The van der Waals surface area contributed by atoms with Crippen molar-refractivity contribution >= 4 is 16.8 Å². The average Bonchev–Trinajstić information content (AvgIpc) is 2.39. The van der Waals surface area contributed by atoms with Gasteiger partial charge < -0.3 is 4.74 Å². The van der Waals surface area contributed by atoms with Gasteiger partial charge in [-0.05, 0) is 38.3 Å². The summed E-state index contributed by atoms with van der Waals surface area (Å²) in [5.74, 6) is 0.524. The van der Waals surface area contributed by atoms with Crippen LogP contribution in [-0.2, 0) is 20.3 Å². The van der Waals surface area contributed by atoms with Crippen LogP contribution >= 0.6 is 0 Å². The van der Waals surface area contributed by atoms with E-state index in [1.165, 1.54) is 0 Å². The monoisotopic (exact) mass is 282 g/mol. The minimum Gasteiger partial charge on any atom is -0.466 e. The van der Waals surface area contributed by atoms with E-state index in [-0.39, 0.29) is 5.97 Å². The van der Waals surface area contributed by atoms with Gasteiger partial charge in [-0.2, -0.15) is 0 Å². The molecule has 0 aliphatic heterocycles. The van der Waals surface area contributed by atoms with Crippen molar-refractivity contribution in [3.05, 3.63) is 29.8 Å². The molecule has 3 nitrogen and oxygen atoms in total. The van der Waals surface area contributed by atoms with Gasteiger partial charge in [-0.3, -0.25) is 9.00 Å². The maximum atomic E-state index is 12.1. The summed E-state index contributed by atoms with van der Waals surface area (Å²) in [4.78, 5) is 12.0. The number of carbonyl (C=O) groups is 1. The lowest BCUT2D eigenvalue weighted by molar-refractivity contribution is -0.143. The summed E-state index contributed by atoms with van der Waals surface area (Å²) in [6.45, 7) is 4.23. The topological polar surface area (TPSA) is 43.4 Å². The molecule has 0 bridgehead atoms. The van der Waals surface area contributed by atoms with Gasteiger partial charge in [-0.15, -0.1) is 0 Å². The molecular weight excluding hydrogens is 260 g/mol. The van der Waals surface area contributed by atoms with Crippen LogP contribution < -0.4 is 0 Å². The highest BCUT2D eigenvalue weighted by Crippen LogP contribution is 2.14. The first-order valence-corrected chi connectivity index (χ1v) is 8.06. The van der Waals surface area contributed by atoms with Crippen LogP contribution in [0.15, 0.2) is 29.2 Å². The largest absolute Gasteiger partial charge is 0.466 e. The molecule has 0 radical (unpaired) electrons. The minimum atomic E-state index is -0.929. The number of unbranched alkanes of at least 4 members (excludes halogenated alkanes) is 2. The van der Waals surface area contributed by atoms with Crippen molar-refractivity contribution in [2.45, 2.75) is 44.4 Å². The van der Waals surface area contributed by atoms with Crippen LogP contribution in [0.3, 0.4) is 0 Å². The molecule has 1 aromatic rings. The molecule has 0 aliphatic rings. The lowest BCUT2D eigenvalue weighted by Crippen LogP contribution is -2.04. The molecule has 1 unspecified atom stereocenters. The Hall–Kier alpha value is -1.16. The van der Waals surface area contributed by atoms with E-state index in [2.05, 4.69) is 0 Å². The second kappa shape index (κ2) is 8.86. The van der Waals surface area contributed by atoms with Crippen LogP contribution in [0.25, 0.3) is 0 Å². The third-order valence-corrected chi connectivity index (χ3v) is 4.46. The van der Waals surface area contributed by atoms with Gasteiger partial charge in [0.25, 0.3) is 0 Å². The second-order valence-corrected chi connectivity index (χ2v) is 5.97. The van der Waals surface area contributed by atoms with Gasteiger partial charge in [0.05, 0.1) is 17.4 Å². The molecule has 1 rings (SSSR count).